The van der Waals surface area contributed by atoms with Crippen LogP contribution in [0.25, 0.3) is 0 Å². The molecule has 0 amide bonds. The third-order valence-corrected chi connectivity index (χ3v) is 3.57. The van der Waals surface area contributed by atoms with Crippen LogP contribution in [0.15, 0.2) is 48.5 Å². The Kier molecular flexibility index (Phi) is 5.04. The Bertz CT molecular complexity index is 568. The molecule has 0 spiro atoms. The van der Waals surface area contributed by atoms with Crippen LogP contribution in [-0.2, 0) is 0 Å². The fourth-order valence-electron chi connectivity index (χ4n) is 2.28. The Morgan fingerprint density at radius 2 is 1.24 bits per heavy atom. The molecule has 2 aromatic carbocycles. The third kappa shape index (κ3) is 4.09. The van der Waals surface area contributed by atoms with E-state index in [2.05, 4.69) is 5.32 Å². The maximum Gasteiger partial charge on any atom is 0.123 e. The summed E-state index contributed by atoms with van der Waals surface area (Å²) < 4.78 is 25.8. The third-order valence-electron chi connectivity index (χ3n) is 3.57. The molecule has 2 N–H and O–H groups in total. The van der Waals surface area contributed by atoms with Gasteiger partial charge in [-0.2, -0.15) is 0 Å². The minimum atomic E-state index is -0.742. The van der Waals surface area contributed by atoms with Crippen LogP contribution in [0.3, 0.4) is 0 Å². The molecular weight excluding hydrogens is 272 g/mol. The van der Waals surface area contributed by atoms with Crippen molar-refractivity contribution in [1.82, 2.24) is 5.32 Å². The number of benzene rings is 2. The quantitative estimate of drug-likeness (QED) is 0.879. The lowest BCUT2D eigenvalue weighted by molar-refractivity contribution is 0.130. The van der Waals surface area contributed by atoms with Gasteiger partial charge in [0, 0.05) is 12.1 Å². The summed E-state index contributed by atoms with van der Waals surface area (Å²) in [5, 5.41) is 13.5. The molecule has 0 radical (unpaired) electrons. The molecule has 0 aromatic heterocycles. The Morgan fingerprint density at radius 3 is 1.71 bits per heavy atom. The summed E-state index contributed by atoms with van der Waals surface area (Å²) in [6.07, 6.45) is -0.742. The molecule has 3 atom stereocenters. The van der Waals surface area contributed by atoms with E-state index < -0.39 is 6.10 Å². The fraction of sp³-hybridized carbons (Fsp3) is 0.294. The van der Waals surface area contributed by atoms with E-state index in [1.807, 2.05) is 13.8 Å². The molecule has 0 bridgehead atoms. The molecule has 0 aliphatic rings. The van der Waals surface area contributed by atoms with Crippen LogP contribution in [0.4, 0.5) is 8.78 Å². The number of halogens is 2. The number of hydrogen-bond donors (Lipinski definition) is 2. The molecule has 4 heteroatoms. The van der Waals surface area contributed by atoms with Crippen LogP contribution in [0.5, 0.6) is 0 Å². The zero-order valence-electron chi connectivity index (χ0n) is 12.1. The van der Waals surface area contributed by atoms with Crippen LogP contribution in [0.1, 0.15) is 37.1 Å². The van der Waals surface area contributed by atoms with Gasteiger partial charge in [-0.05, 0) is 49.2 Å². The average molecular weight is 291 g/mol. The van der Waals surface area contributed by atoms with Crippen molar-refractivity contribution in [3.63, 3.8) is 0 Å². The van der Waals surface area contributed by atoms with Crippen molar-refractivity contribution >= 4 is 0 Å². The van der Waals surface area contributed by atoms with Gasteiger partial charge in [-0.25, -0.2) is 8.78 Å². The smallest absolute Gasteiger partial charge is 0.123 e. The minimum Gasteiger partial charge on any atom is -0.387 e. The average Bonchev–Trinajstić information content (AvgIpc) is 2.47. The van der Waals surface area contributed by atoms with Crippen LogP contribution in [0, 0.1) is 11.6 Å². The maximum atomic E-state index is 12.9. The predicted octanol–water partition coefficient (Wildman–Crippen LogP) is 3.74. The highest BCUT2D eigenvalue weighted by molar-refractivity contribution is 5.21. The Morgan fingerprint density at radius 1 is 0.810 bits per heavy atom. The Balaban J connectivity index is 2.01. The van der Waals surface area contributed by atoms with Crippen LogP contribution >= 0.6 is 0 Å². The van der Waals surface area contributed by atoms with E-state index in [0.29, 0.717) is 5.56 Å². The van der Waals surface area contributed by atoms with Crippen molar-refractivity contribution in [2.75, 3.05) is 0 Å². The van der Waals surface area contributed by atoms with Gasteiger partial charge < -0.3 is 10.4 Å². The minimum absolute atomic E-state index is 0.0318. The summed E-state index contributed by atoms with van der Waals surface area (Å²) in [5.74, 6) is -0.600. The topological polar surface area (TPSA) is 32.3 Å². The largest absolute Gasteiger partial charge is 0.387 e. The van der Waals surface area contributed by atoms with Crippen molar-refractivity contribution < 1.29 is 13.9 Å². The molecule has 2 nitrogen and oxygen atoms in total. The van der Waals surface area contributed by atoms with Gasteiger partial charge in [0.05, 0.1) is 6.10 Å². The van der Waals surface area contributed by atoms with E-state index in [1.165, 1.54) is 24.3 Å². The lowest BCUT2D eigenvalue weighted by Crippen LogP contribution is -2.34. The Labute approximate surface area is 123 Å². The zero-order chi connectivity index (χ0) is 15.4. The van der Waals surface area contributed by atoms with Crippen molar-refractivity contribution in [1.29, 1.82) is 0 Å². The molecule has 0 fully saturated rings. The first-order chi connectivity index (χ1) is 9.97. The SMILES string of the molecule is CC(NC(C)C(O)c1ccc(F)cc1)c1ccc(F)cc1. The molecule has 0 heterocycles. The number of aliphatic hydroxyl groups is 1. The van der Waals surface area contributed by atoms with Gasteiger partial charge in [-0.3, -0.25) is 0 Å². The van der Waals surface area contributed by atoms with Gasteiger partial charge in [0.25, 0.3) is 0 Å². The molecule has 2 aromatic rings. The van der Waals surface area contributed by atoms with E-state index in [9.17, 15) is 13.9 Å². The summed E-state index contributed by atoms with van der Waals surface area (Å²) in [5.41, 5.74) is 1.59. The number of rotatable bonds is 5. The van der Waals surface area contributed by atoms with Crippen LogP contribution in [0.2, 0.25) is 0 Å². The zero-order valence-corrected chi connectivity index (χ0v) is 12.1. The van der Waals surface area contributed by atoms with Gasteiger partial charge in [-0.15, -0.1) is 0 Å². The van der Waals surface area contributed by atoms with Gasteiger partial charge in [0.1, 0.15) is 11.6 Å². The van der Waals surface area contributed by atoms with Gasteiger partial charge >= 0.3 is 0 Å². The van der Waals surface area contributed by atoms with E-state index in [1.54, 1.807) is 24.3 Å². The normalized spacial score (nSPS) is 15.5. The second-order valence-electron chi connectivity index (χ2n) is 5.22. The van der Waals surface area contributed by atoms with E-state index in [-0.39, 0.29) is 23.7 Å². The predicted molar refractivity (Wildman–Crippen MR) is 78.8 cm³/mol. The second-order valence-corrected chi connectivity index (χ2v) is 5.22. The van der Waals surface area contributed by atoms with Gasteiger partial charge in [-0.1, -0.05) is 24.3 Å². The lowest BCUT2D eigenvalue weighted by Gasteiger charge is -2.25. The molecule has 0 saturated heterocycles. The molecule has 0 aliphatic carbocycles. The van der Waals surface area contributed by atoms with E-state index in [4.69, 9.17) is 0 Å². The van der Waals surface area contributed by atoms with Crippen molar-refractivity contribution in [2.45, 2.75) is 32.0 Å². The summed E-state index contributed by atoms with van der Waals surface area (Å²) in [4.78, 5) is 0. The number of hydrogen-bond acceptors (Lipinski definition) is 2. The lowest BCUT2D eigenvalue weighted by atomic mass is 10.0. The number of aliphatic hydroxyl groups excluding tert-OH is 1. The van der Waals surface area contributed by atoms with Gasteiger partial charge in [0.15, 0.2) is 0 Å². The van der Waals surface area contributed by atoms with Crippen LogP contribution in [-0.4, -0.2) is 11.1 Å². The second kappa shape index (κ2) is 6.78. The summed E-state index contributed by atoms with van der Waals surface area (Å²) in [7, 11) is 0. The van der Waals surface area contributed by atoms with E-state index in [0.717, 1.165) is 5.56 Å². The standard InChI is InChI=1S/C17H19F2NO/c1-11(13-3-7-15(18)8-4-13)20-12(2)17(21)14-5-9-16(19)10-6-14/h3-12,17,20-21H,1-2H3. The summed E-state index contributed by atoms with van der Waals surface area (Å²) in [6.45, 7) is 3.80. The van der Waals surface area contributed by atoms with Gasteiger partial charge in [0.2, 0.25) is 0 Å². The number of nitrogens with one attached hydrogen (secondary N) is 1. The molecule has 0 aliphatic heterocycles. The molecule has 112 valence electrons. The molecule has 21 heavy (non-hydrogen) atoms. The summed E-state index contributed by atoms with van der Waals surface area (Å²) >= 11 is 0. The first-order valence-electron chi connectivity index (χ1n) is 6.92. The molecule has 3 unspecified atom stereocenters. The monoisotopic (exact) mass is 291 g/mol. The van der Waals surface area contributed by atoms with E-state index >= 15 is 0 Å². The Hall–Kier alpha value is -1.78. The first-order valence-corrected chi connectivity index (χ1v) is 6.92. The maximum absolute atomic E-state index is 12.9. The van der Waals surface area contributed by atoms with Crippen molar-refractivity contribution in [2.24, 2.45) is 0 Å². The first kappa shape index (κ1) is 15.6. The molecule has 0 saturated carbocycles. The van der Waals surface area contributed by atoms with Crippen LogP contribution < -0.4 is 5.32 Å². The van der Waals surface area contributed by atoms with Crippen molar-refractivity contribution in [3.05, 3.63) is 71.3 Å². The highest BCUT2D eigenvalue weighted by Gasteiger charge is 2.18. The van der Waals surface area contributed by atoms with Crippen molar-refractivity contribution in [3.8, 4) is 0 Å². The fourth-order valence-corrected chi connectivity index (χ4v) is 2.28. The highest BCUT2D eigenvalue weighted by atomic mass is 19.1. The molecular formula is C17H19F2NO. The molecule has 2 rings (SSSR count). The summed E-state index contributed by atoms with van der Waals surface area (Å²) in [6, 6.07) is 11.8. The highest BCUT2D eigenvalue weighted by Crippen LogP contribution is 2.20.